The fraction of sp³-hybridized carbons (Fsp3) is 0.150. The monoisotopic (exact) mass is 406 g/mol. The Morgan fingerprint density at radius 3 is 2.25 bits per heavy atom. The predicted molar refractivity (Wildman–Crippen MR) is 100 cm³/mol. The van der Waals surface area contributed by atoms with Crippen molar-refractivity contribution >= 4 is 15.4 Å². The molecule has 4 nitrogen and oxygen atoms in total. The lowest BCUT2D eigenvalue weighted by atomic mass is 10.0. The molecule has 0 fully saturated rings. The quantitative estimate of drug-likeness (QED) is 0.542. The van der Waals surface area contributed by atoms with Gasteiger partial charge in [0.1, 0.15) is 11.0 Å². The second-order valence-corrected chi connectivity index (χ2v) is 7.98. The summed E-state index contributed by atoms with van der Waals surface area (Å²) in [5.41, 5.74) is -0.570. The highest BCUT2D eigenvalue weighted by molar-refractivity contribution is 7.95. The summed E-state index contributed by atoms with van der Waals surface area (Å²) in [5, 5.41) is 9.42. The number of hydrogen-bond acceptors (Lipinski definition) is 4. The molecule has 8 heteroatoms. The molecule has 0 spiro atoms. The molecule has 28 heavy (non-hydrogen) atoms. The molecule has 0 N–H and O–H groups in total. The van der Waals surface area contributed by atoms with Crippen LogP contribution < -0.4 is 0 Å². The van der Waals surface area contributed by atoms with Gasteiger partial charge in [-0.25, -0.2) is 8.42 Å². The fourth-order valence-electron chi connectivity index (χ4n) is 2.39. The van der Waals surface area contributed by atoms with Crippen molar-refractivity contribution in [3.05, 3.63) is 82.9 Å². The first-order valence-electron chi connectivity index (χ1n) is 8.03. The minimum absolute atomic E-state index is 0.0731. The molecule has 0 atom stereocenters. The van der Waals surface area contributed by atoms with E-state index in [0.29, 0.717) is 0 Å². The maximum atomic E-state index is 13.0. The first kappa shape index (κ1) is 21.3. The summed E-state index contributed by atoms with van der Waals surface area (Å²) in [5.74, 6) is 0. The third kappa shape index (κ3) is 5.02. The largest absolute Gasteiger partial charge is 0.416 e. The number of allylic oxidation sites excluding steroid dienone is 3. The van der Waals surface area contributed by atoms with Gasteiger partial charge in [0.05, 0.1) is 10.5 Å². The molecule has 0 radical (unpaired) electrons. The minimum atomic E-state index is -4.54. The summed E-state index contributed by atoms with van der Waals surface area (Å²) in [6.07, 6.45) is -2.01. The first-order chi connectivity index (χ1) is 13.1. The predicted octanol–water partition coefficient (Wildman–Crippen LogP) is 4.49. The zero-order valence-corrected chi connectivity index (χ0v) is 15.9. The highest BCUT2D eigenvalue weighted by atomic mass is 32.2. The molecule has 2 rings (SSSR count). The van der Waals surface area contributed by atoms with Gasteiger partial charge in [-0.05, 0) is 41.5 Å². The third-order valence-electron chi connectivity index (χ3n) is 3.66. The molecular weight excluding hydrogens is 389 g/mol. The second-order valence-electron chi connectivity index (χ2n) is 6.06. The van der Waals surface area contributed by atoms with E-state index in [1.54, 1.807) is 31.1 Å². The van der Waals surface area contributed by atoms with E-state index in [1.807, 2.05) is 0 Å². The lowest BCUT2D eigenvalue weighted by Gasteiger charge is -2.13. The van der Waals surface area contributed by atoms with Crippen LogP contribution in [0.25, 0.3) is 5.57 Å². The van der Waals surface area contributed by atoms with Gasteiger partial charge in [0.2, 0.25) is 9.84 Å². The van der Waals surface area contributed by atoms with Gasteiger partial charge in [-0.3, -0.25) is 0 Å². The van der Waals surface area contributed by atoms with Crippen molar-refractivity contribution in [3.63, 3.8) is 0 Å². The Kier molecular flexibility index (Phi) is 6.31. The number of sulfone groups is 1. The maximum Gasteiger partial charge on any atom is 0.416 e. The van der Waals surface area contributed by atoms with E-state index in [0.717, 1.165) is 18.2 Å². The van der Waals surface area contributed by atoms with E-state index in [9.17, 15) is 26.9 Å². The molecule has 0 amide bonds. The first-order valence-corrected chi connectivity index (χ1v) is 9.52. The molecule has 0 heterocycles. The Bertz CT molecular complexity index is 1050. The minimum Gasteiger partial charge on any atom is -0.383 e. The molecule has 0 unspecified atom stereocenters. The van der Waals surface area contributed by atoms with Crippen LogP contribution in [0.3, 0.4) is 0 Å². The van der Waals surface area contributed by atoms with Gasteiger partial charge in [0.15, 0.2) is 0 Å². The highest BCUT2D eigenvalue weighted by Crippen LogP contribution is 2.32. The molecule has 0 aliphatic carbocycles. The van der Waals surface area contributed by atoms with E-state index in [2.05, 4.69) is 0 Å². The van der Waals surface area contributed by atoms with Gasteiger partial charge in [0.25, 0.3) is 0 Å². The van der Waals surface area contributed by atoms with Crippen LogP contribution in [-0.4, -0.2) is 27.4 Å². The molecular formula is C20H17F3N2O2S. The van der Waals surface area contributed by atoms with Gasteiger partial charge in [-0.1, -0.05) is 30.3 Å². The molecule has 0 aromatic heterocycles. The van der Waals surface area contributed by atoms with Crippen molar-refractivity contribution in [2.75, 3.05) is 14.1 Å². The lowest BCUT2D eigenvalue weighted by Crippen LogP contribution is -2.07. The smallest absolute Gasteiger partial charge is 0.383 e. The van der Waals surface area contributed by atoms with Crippen LogP contribution >= 0.6 is 0 Å². The van der Waals surface area contributed by atoms with Crippen molar-refractivity contribution in [1.29, 1.82) is 5.26 Å². The second kappa shape index (κ2) is 8.31. The molecule has 0 aliphatic rings. The van der Waals surface area contributed by atoms with Gasteiger partial charge < -0.3 is 4.90 Å². The van der Waals surface area contributed by atoms with Gasteiger partial charge in [-0.15, -0.1) is 0 Å². The zero-order chi connectivity index (χ0) is 20.9. The van der Waals surface area contributed by atoms with E-state index < -0.39 is 26.5 Å². The Labute approximate surface area is 161 Å². The molecule has 0 saturated carbocycles. The van der Waals surface area contributed by atoms with Gasteiger partial charge in [-0.2, -0.15) is 18.4 Å². The van der Waals surface area contributed by atoms with Crippen LogP contribution in [0.5, 0.6) is 0 Å². The summed E-state index contributed by atoms with van der Waals surface area (Å²) in [6, 6.07) is 13.5. The zero-order valence-electron chi connectivity index (χ0n) is 15.1. The number of alkyl halides is 3. The van der Waals surface area contributed by atoms with E-state index >= 15 is 0 Å². The van der Waals surface area contributed by atoms with Gasteiger partial charge >= 0.3 is 6.18 Å². The van der Waals surface area contributed by atoms with Crippen molar-refractivity contribution in [3.8, 4) is 6.07 Å². The topological polar surface area (TPSA) is 61.2 Å². The Balaban J connectivity index is 2.63. The van der Waals surface area contributed by atoms with E-state index in [4.69, 9.17) is 0 Å². The number of halogens is 3. The van der Waals surface area contributed by atoms with Crippen LogP contribution in [0, 0.1) is 11.3 Å². The van der Waals surface area contributed by atoms with Crippen LogP contribution in [-0.2, 0) is 16.0 Å². The molecule has 2 aromatic carbocycles. The van der Waals surface area contributed by atoms with Crippen molar-refractivity contribution in [2.24, 2.45) is 0 Å². The van der Waals surface area contributed by atoms with Crippen LogP contribution in [0.2, 0.25) is 0 Å². The van der Waals surface area contributed by atoms with Crippen LogP contribution in [0.4, 0.5) is 13.2 Å². The Morgan fingerprint density at radius 1 is 1.07 bits per heavy atom. The van der Waals surface area contributed by atoms with Crippen molar-refractivity contribution < 1.29 is 21.6 Å². The van der Waals surface area contributed by atoms with E-state index in [1.165, 1.54) is 42.6 Å². The Morgan fingerprint density at radius 2 is 1.71 bits per heavy atom. The maximum absolute atomic E-state index is 13.0. The summed E-state index contributed by atoms with van der Waals surface area (Å²) in [6.45, 7) is 0. The lowest BCUT2D eigenvalue weighted by molar-refractivity contribution is -0.137. The fourth-order valence-corrected chi connectivity index (χ4v) is 3.56. The Hall–Kier alpha value is -3.05. The SMILES string of the molecule is CN(C)/C=C(\C=C(C#N)S(=O)(=O)c1ccccc1)c1cccc(C(F)(F)F)c1. The van der Waals surface area contributed by atoms with Crippen molar-refractivity contribution in [2.45, 2.75) is 11.1 Å². The van der Waals surface area contributed by atoms with Gasteiger partial charge in [0, 0.05) is 20.3 Å². The van der Waals surface area contributed by atoms with E-state index in [-0.39, 0.29) is 16.0 Å². The average molecular weight is 406 g/mol. The normalized spacial score (nSPS) is 13.1. The molecule has 0 bridgehead atoms. The van der Waals surface area contributed by atoms with Crippen LogP contribution in [0.1, 0.15) is 11.1 Å². The summed E-state index contributed by atoms with van der Waals surface area (Å²) >= 11 is 0. The number of benzene rings is 2. The molecule has 2 aromatic rings. The third-order valence-corrected chi connectivity index (χ3v) is 5.34. The average Bonchev–Trinajstić information content (AvgIpc) is 2.64. The molecule has 0 saturated heterocycles. The summed E-state index contributed by atoms with van der Waals surface area (Å²) in [4.78, 5) is 0.913. The standard InChI is InChI=1S/C20H17F3N2O2S/c1-25(2)14-16(15-7-6-8-17(11-15)20(21,22)23)12-19(13-24)28(26,27)18-9-4-3-5-10-18/h3-12,14H,1-2H3/b16-14+,19-12?. The summed E-state index contributed by atoms with van der Waals surface area (Å²) in [7, 11) is -0.834. The number of hydrogen-bond donors (Lipinski definition) is 0. The molecule has 146 valence electrons. The highest BCUT2D eigenvalue weighted by Gasteiger charge is 2.30. The number of nitrogens with zero attached hydrogens (tertiary/aromatic N) is 2. The van der Waals surface area contributed by atoms with Crippen LogP contribution in [0.15, 0.2) is 76.7 Å². The number of nitriles is 1. The number of rotatable bonds is 5. The summed E-state index contributed by atoms with van der Waals surface area (Å²) < 4.78 is 64.6. The molecule has 0 aliphatic heterocycles. The van der Waals surface area contributed by atoms with Crippen molar-refractivity contribution in [1.82, 2.24) is 4.90 Å².